The normalized spacial score (nSPS) is 15.9. The first-order valence-corrected chi connectivity index (χ1v) is 20.4. The van der Waals surface area contributed by atoms with E-state index >= 15 is 0 Å². The second-order valence-corrected chi connectivity index (χ2v) is 16.9. The zero-order valence-electron chi connectivity index (χ0n) is 29.1. The van der Waals surface area contributed by atoms with Crippen LogP contribution in [0, 0.1) is 4.37 Å². The summed E-state index contributed by atoms with van der Waals surface area (Å²) in [5, 5.41) is 7.72. The van der Waals surface area contributed by atoms with Crippen molar-refractivity contribution in [3.63, 3.8) is 0 Å². The molecule has 1 aliphatic heterocycles. The third-order valence-corrected chi connectivity index (χ3v) is 15.1. The first-order chi connectivity index (χ1) is 24.5. The standard InChI is InChI=1S/C46H42NOP.Os/c1-6-17-35-24-26-42-43-27-25-37(30-46(43)47(33(3)4)45(42)28-35)44(29-38-32-48-31-36(38)7-2)34(5)49(39-18-11-8-12-19-39,40-20-13-9-14-21-40)41-22-15-10-16-23-41;/h6-30,33H,31-32H2,1-4H3;/q+1;/b17-6+,36-7?,38-29?,44-34?;. The molecule has 1 aliphatic rings. The summed E-state index contributed by atoms with van der Waals surface area (Å²) >= 11 is 1.84. The Kier molecular flexibility index (Phi) is 10.2. The molecule has 0 aliphatic carbocycles. The van der Waals surface area contributed by atoms with E-state index in [1.807, 2.05) is 17.9 Å². The molecule has 4 heteroatoms. The van der Waals surface area contributed by atoms with Crippen LogP contribution in [0.5, 0.6) is 0 Å². The van der Waals surface area contributed by atoms with Crippen molar-refractivity contribution in [2.45, 2.75) is 33.7 Å². The van der Waals surface area contributed by atoms with E-state index in [4.69, 9.17) is 4.74 Å². The minimum atomic E-state index is -2.45. The van der Waals surface area contributed by atoms with Gasteiger partial charge in [0.1, 0.15) is 0 Å². The summed E-state index contributed by atoms with van der Waals surface area (Å²) in [7, 11) is -2.45. The first-order valence-electron chi connectivity index (χ1n) is 17.3. The Labute approximate surface area is 306 Å². The molecular formula is C46H42NOOsP+. The molecule has 1 saturated heterocycles. The van der Waals surface area contributed by atoms with Crippen LogP contribution in [0.15, 0.2) is 162 Å². The van der Waals surface area contributed by atoms with E-state index in [0.29, 0.717) is 13.2 Å². The van der Waals surface area contributed by atoms with E-state index in [0.717, 1.165) is 0 Å². The van der Waals surface area contributed by atoms with Crippen LogP contribution in [-0.2, 0) is 22.7 Å². The van der Waals surface area contributed by atoms with Gasteiger partial charge in [-0.1, -0.05) is 0 Å². The molecule has 1 fully saturated rings. The van der Waals surface area contributed by atoms with Crippen LogP contribution < -0.4 is 15.9 Å². The van der Waals surface area contributed by atoms with Gasteiger partial charge in [0.2, 0.25) is 0 Å². The van der Waals surface area contributed by atoms with Crippen molar-refractivity contribution < 1.29 is 22.7 Å². The topological polar surface area (TPSA) is 14.2 Å². The molecule has 0 atom stereocenters. The number of ether oxygens (including phenoxy) is 1. The second-order valence-electron chi connectivity index (χ2n) is 13.0. The molecule has 0 unspecified atom stereocenters. The predicted octanol–water partition coefficient (Wildman–Crippen LogP) is 10.5. The van der Waals surface area contributed by atoms with Gasteiger partial charge in [0.05, 0.1) is 0 Å². The van der Waals surface area contributed by atoms with Crippen molar-refractivity contribution in [2.24, 2.45) is 0 Å². The van der Waals surface area contributed by atoms with Gasteiger partial charge in [0, 0.05) is 0 Å². The summed E-state index contributed by atoms with van der Waals surface area (Å²) in [6, 6.07) is 47.6. The molecule has 249 valence electrons. The molecule has 0 spiro atoms. The number of allylic oxidation sites excluding steroid dienone is 5. The Morgan fingerprint density at radius 1 is 0.720 bits per heavy atom. The van der Waals surface area contributed by atoms with Crippen molar-refractivity contribution in [3.8, 4) is 4.37 Å². The number of nitrogens with zero attached hydrogens (tertiary/aromatic N) is 1. The average molecular weight is 846 g/mol. The van der Waals surface area contributed by atoms with Crippen LogP contribution in [0.25, 0.3) is 33.5 Å². The Bertz CT molecular complexity index is 2240. The van der Waals surface area contributed by atoms with E-state index < -0.39 is 7.26 Å². The molecule has 50 heavy (non-hydrogen) atoms. The van der Waals surface area contributed by atoms with Gasteiger partial charge in [-0.15, -0.1) is 0 Å². The van der Waals surface area contributed by atoms with E-state index in [1.54, 1.807) is 0 Å². The van der Waals surface area contributed by atoms with Gasteiger partial charge >= 0.3 is 301 Å². The maximum atomic E-state index is 6.06. The Morgan fingerprint density at radius 2 is 1.26 bits per heavy atom. The molecule has 0 N–H and O–H groups in total. The molecule has 0 saturated carbocycles. The van der Waals surface area contributed by atoms with Gasteiger partial charge in [0.15, 0.2) is 0 Å². The number of fused-ring (bicyclic) bond motifs is 3. The van der Waals surface area contributed by atoms with Crippen molar-refractivity contribution >= 4 is 56.6 Å². The third-order valence-electron chi connectivity index (χ3n) is 9.71. The van der Waals surface area contributed by atoms with Crippen LogP contribution in [-0.4, -0.2) is 17.8 Å². The zero-order chi connectivity index (χ0) is 34.7. The van der Waals surface area contributed by atoms with Gasteiger partial charge in [-0.05, 0) is 6.92 Å². The van der Waals surface area contributed by atoms with Gasteiger partial charge in [-0.3, -0.25) is 0 Å². The summed E-state index contributed by atoms with van der Waals surface area (Å²) in [5.41, 5.74) is 8.59. The Hall–Kier alpha value is -4.33. The van der Waals surface area contributed by atoms with Gasteiger partial charge in [0.25, 0.3) is 0 Å². The fourth-order valence-corrected chi connectivity index (χ4v) is 13.3. The summed E-state index contributed by atoms with van der Waals surface area (Å²) in [5.74, 6) is 0. The number of benzene rings is 5. The monoisotopic (exact) mass is 847 g/mol. The molecule has 0 bridgehead atoms. The maximum absolute atomic E-state index is 6.06. The molecule has 1 aromatic heterocycles. The van der Waals surface area contributed by atoms with E-state index in [2.05, 4.69) is 188 Å². The Balaban J connectivity index is 1.64. The number of hydrogen-bond donors (Lipinski definition) is 0. The third kappa shape index (κ3) is 6.05. The minimum absolute atomic E-state index is 0.282. The molecule has 5 aromatic carbocycles. The van der Waals surface area contributed by atoms with Crippen molar-refractivity contribution in [3.05, 3.63) is 173 Å². The Morgan fingerprint density at radius 3 is 1.78 bits per heavy atom. The first kappa shape index (κ1) is 34.1. The van der Waals surface area contributed by atoms with Crippen LogP contribution in [0.2, 0.25) is 0 Å². The molecule has 2 heterocycles. The average Bonchev–Trinajstić information content (AvgIpc) is 3.75. The van der Waals surface area contributed by atoms with Crippen molar-refractivity contribution in [1.82, 2.24) is 4.57 Å². The SMILES string of the molecule is CC=C1COCC1=CC(=C([C]#[Os])[P+](c1ccccc1)(c1ccccc1)c1ccccc1)c1ccc2c3ccc(/C=C/C)cc3n(C(C)C)c2c1. The molecular weight excluding hydrogens is 804 g/mol. The van der Waals surface area contributed by atoms with E-state index in [9.17, 15) is 0 Å². The zero-order valence-corrected chi connectivity index (χ0v) is 32.5. The predicted molar refractivity (Wildman–Crippen MR) is 213 cm³/mol. The van der Waals surface area contributed by atoms with Gasteiger partial charge in [-0.25, -0.2) is 0 Å². The quantitative estimate of drug-likeness (QED) is 0.139. The summed E-state index contributed by atoms with van der Waals surface area (Å²) in [6.07, 6.45) is 8.91. The van der Waals surface area contributed by atoms with Gasteiger partial charge < -0.3 is 0 Å². The van der Waals surface area contributed by atoms with E-state index in [-0.39, 0.29) is 6.04 Å². The fourth-order valence-electron chi connectivity index (χ4n) is 7.48. The summed E-state index contributed by atoms with van der Waals surface area (Å²) < 4.78 is 12.5. The van der Waals surface area contributed by atoms with Crippen LogP contribution >= 0.6 is 7.26 Å². The molecule has 7 rings (SSSR count). The van der Waals surface area contributed by atoms with Gasteiger partial charge in [-0.2, -0.15) is 0 Å². The van der Waals surface area contributed by atoms with Crippen LogP contribution in [0.1, 0.15) is 44.9 Å². The summed E-state index contributed by atoms with van der Waals surface area (Å²) in [4.78, 5) is 0. The fraction of sp³-hybridized carbons (Fsp3) is 0.152. The van der Waals surface area contributed by atoms with Crippen molar-refractivity contribution in [2.75, 3.05) is 13.2 Å². The number of rotatable bonds is 8. The molecule has 2 nitrogen and oxygen atoms in total. The van der Waals surface area contributed by atoms with Crippen LogP contribution in [0.3, 0.4) is 0 Å². The van der Waals surface area contributed by atoms with Crippen molar-refractivity contribution in [1.29, 1.82) is 0 Å². The molecule has 0 amide bonds. The number of hydrogen-bond acceptors (Lipinski definition) is 1. The second kappa shape index (κ2) is 14.9. The summed E-state index contributed by atoms with van der Waals surface area (Å²) in [6.45, 7) is 10.0. The van der Waals surface area contributed by atoms with E-state index in [1.165, 1.54) is 70.9 Å². The number of aromatic nitrogens is 1. The van der Waals surface area contributed by atoms with Crippen LogP contribution in [0.4, 0.5) is 0 Å². The molecule has 0 radical (unpaired) electrons. The molecule has 6 aromatic rings.